The van der Waals surface area contributed by atoms with E-state index in [4.69, 9.17) is 51.1 Å². The Labute approximate surface area is 379 Å². The maximum atomic E-state index is 13.3. The number of fused-ring (bicyclic) bond motifs is 1. The largest absolute Gasteiger partial charge is 0.363 e. The fraction of sp³-hybridized carbons (Fsp3) is 0.268. The Morgan fingerprint density at radius 2 is 1.37 bits per heavy atom. The van der Waals surface area contributed by atoms with Crippen molar-refractivity contribution in [2.75, 3.05) is 22.9 Å². The summed E-state index contributed by atoms with van der Waals surface area (Å²) in [5.74, 6) is -0.470. The van der Waals surface area contributed by atoms with Gasteiger partial charge in [0.25, 0.3) is 20.0 Å². The molecule has 0 fully saturated rings. The molecule has 0 unspecified atom stereocenters. The highest BCUT2D eigenvalue weighted by molar-refractivity contribution is 9.10. The number of nitrogens with zero attached hydrogens (tertiary/aromatic N) is 4. The Balaban J connectivity index is 0.000000268. The minimum atomic E-state index is -4.08. The Morgan fingerprint density at radius 3 is 1.97 bits per heavy atom. The molecule has 19 heteroatoms. The van der Waals surface area contributed by atoms with Crippen molar-refractivity contribution in [3.8, 4) is 0 Å². The fourth-order valence-corrected chi connectivity index (χ4v) is 9.92. The summed E-state index contributed by atoms with van der Waals surface area (Å²) in [5, 5.41) is 2.07. The predicted octanol–water partition coefficient (Wildman–Crippen LogP) is 11.5. The van der Waals surface area contributed by atoms with Gasteiger partial charge in [0.2, 0.25) is 5.78 Å². The average Bonchev–Trinajstić information content (AvgIpc) is 3.63. The van der Waals surface area contributed by atoms with Gasteiger partial charge in [-0.05, 0) is 98.6 Å². The van der Waals surface area contributed by atoms with Gasteiger partial charge in [0.05, 0.1) is 31.2 Å². The van der Waals surface area contributed by atoms with Crippen molar-refractivity contribution in [1.29, 1.82) is 0 Å². The van der Waals surface area contributed by atoms with E-state index in [9.17, 15) is 21.6 Å². The summed E-state index contributed by atoms with van der Waals surface area (Å²) in [6, 6.07) is 15.3. The first-order chi connectivity index (χ1) is 27.4. The number of ketones is 1. The molecule has 0 aliphatic carbocycles. The lowest BCUT2D eigenvalue weighted by molar-refractivity contribution is 0.103. The summed E-state index contributed by atoms with van der Waals surface area (Å²) in [6.45, 7) is 11.5. The third kappa shape index (κ3) is 11.0. The van der Waals surface area contributed by atoms with E-state index in [1.165, 1.54) is 56.0 Å². The van der Waals surface area contributed by atoms with Gasteiger partial charge in [-0.25, -0.2) is 36.1 Å². The van der Waals surface area contributed by atoms with E-state index in [0.29, 0.717) is 41.8 Å². The van der Waals surface area contributed by atoms with Crippen molar-refractivity contribution < 1.29 is 26.4 Å². The molecule has 0 aliphatic heterocycles. The molecule has 0 bridgehead atoms. The number of aromatic nitrogens is 4. The number of hydrogen-bond donors (Lipinski definition) is 2. The number of benzene rings is 2. The number of rotatable bonds is 10. The lowest BCUT2D eigenvalue weighted by Gasteiger charge is -2.26. The number of ether oxygens (including phenoxy) is 1. The average molecular weight is 1000 g/mol. The molecule has 320 valence electrons. The molecule has 2 N–H and O–H groups in total. The number of H-pyrrole nitrogens is 1. The molecule has 4 aromatic heterocycles. The Bertz CT molecular complexity index is 2780. The highest BCUT2D eigenvalue weighted by atomic mass is 79.9. The van der Waals surface area contributed by atoms with Crippen LogP contribution >= 0.6 is 62.3 Å². The maximum Gasteiger partial charge on any atom is 0.266 e. The zero-order valence-corrected chi connectivity index (χ0v) is 39.0. The second kappa shape index (κ2) is 19.1. The topological polar surface area (TPSA) is 164 Å². The summed E-state index contributed by atoms with van der Waals surface area (Å²) < 4.78 is 62.1. The second-order valence-corrected chi connectivity index (χ2v) is 21.1. The van der Waals surface area contributed by atoms with E-state index >= 15 is 0 Å². The van der Waals surface area contributed by atoms with Crippen LogP contribution in [0.25, 0.3) is 11.0 Å². The summed E-state index contributed by atoms with van der Waals surface area (Å²) in [7, 11) is -6.60. The monoisotopic (exact) mass is 998 g/mol. The van der Waals surface area contributed by atoms with Crippen molar-refractivity contribution in [2.24, 2.45) is 0 Å². The molecule has 2 aromatic carbocycles. The zero-order chi connectivity index (χ0) is 43.7. The summed E-state index contributed by atoms with van der Waals surface area (Å²) in [4.78, 5) is 28.8. The second-order valence-electron chi connectivity index (χ2n) is 15.1. The Kier molecular flexibility index (Phi) is 15.5. The van der Waals surface area contributed by atoms with Gasteiger partial charge in [-0.15, -0.1) is 0 Å². The van der Waals surface area contributed by atoms with Crippen LogP contribution in [0, 0.1) is 0 Å². The van der Waals surface area contributed by atoms with E-state index in [0.717, 1.165) is 9.87 Å². The number of halogens is 5. The number of hydrogen-bond acceptors (Lipinski definition) is 9. The summed E-state index contributed by atoms with van der Waals surface area (Å²) in [5.41, 5.74) is 1.77. The van der Waals surface area contributed by atoms with Gasteiger partial charge < -0.3 is 9.72 Å². The van der Waals surface area contributed by atoms with Crippen LogP contribution in [0.4, 0.5) is 11.4 Å². The highest BCUT2D eigenvalue weighted by Gasteiger charge is 2.30. The van der Waals surface area contributed by atoms with Crippen LogP contribution in [-0.4, -0.2) is 56.4 Å². The van der Waals surface area contributed by atoms with Crippen molar-refractivity contribution in [3.05, 3.63) is 133 Å². The molecular weight excluding hydrogens is 958 g/mol. The Hall–Kier alpha value is -3.80. The van der Waals surface area contributed by atoms with Gasteiger partial charge in [-0.2, -0.15) is 0 Å². The van der Waals surface area contributed by atoms with Crippen LogP contribution in [0.5, 0.6) is 0 Å². The first-order valence-corrected chi connectivity index (χ1v) is 22.8. The van der Waals surface area contributed by atoms with Gasteiger partial charge in [0.1, 0.15) is 22.7 Å². The minimum Gasteiger partial charge on any atom is -0.363 e. The van der Waals surface area contributed by atoms with Gasteiger partial charge in [0, 0.05) is 52.9 Å². The number of nitrogens with one attached hydrogen (secondary N) is 2. The molecule has 6 aromatic rings. The first-order valence-electron chi connectivity index (χ1n) is 17.5. The quantitative estimate of drug-likeness (QED) is 0.0772. The molecule has 0 radical (unpaired) electrons. The molecule has 12 nitrogen and oxygen atoms in total. The zero-order valence-electron chi connectivity index (χ0n) is 32.7. The number of methoxy groups -OCH3 is 1. The van der Waals surface area contributed by atoms with Crippen molar-refractivity contribution in [3.63, 3.8) is 0 Å². The van der Waals surface area contributed by atoms with Crippen LogP contribution < -0.4 is 9.03 Å². The number of anilines is 2. The van der Waals surface area contributed by atoms with E-state index in [1.807, 2.05) is 41.5 Å². The molecule has 0 amide bonds. The maximum absolute atomic E-state index is 13.3. The normalized spacial score (nSPS) is 12.0. The van der Waals surface area contributed by atoms with Gasteiger partial charge >= 0.3 is 0 Å². The van der Waals surface area contributed by atoms with Gasteiger partial charge in [0.15, 0.2) is 0 Å². The third-order valence-electron chi connectivity index (χ3n) is 8.71. The smallest absolute Gasteiger partial charge is 0.266 e. The fourth-order valence-electron chi connectivity index (χ4n) is 5.77. The standard InChI is InChI=1S/C23H20Cl2N4O3S.C17H19BrCl2N2O3S.CH4/c1-23(2,3)17-11-14(4-5-18(17)25)33(31,32)29-19-10-13(24)12-28-20(19)21(30)15-6-8-26-22-16(15)7-9-27-22;1-17(2,3)13-8-12(5-6-14(13)20)26(23,24)22(10-25-4)15-7-11(19)9-21-16(15)18;/h4-12,29H,1-3H3,(H,26,27);5-9H,10H2,1-4H3;1H4. The molecule has 0 saturated heterocycles. The number of pyridine rings is 3. The lowest BCUT2D eigenvalue weighted by atomic mass is 9.87. The van der Waals surface area contributed by atoms with Crippen LogP contribution in [0.1, 0.15) is 76.1 Å². The minimum absolute atomic E-state index is 0. The van der Waals surface area contributed by atoms with Crippen molar-refractivity contribution >= 4 is 111 Å². The number of carbonyl (C=O) groups is 1. The molecular formula is C41H43BrCl4N6O6S2. The van der Waals surface area contributed by atoms with Crippen molar-refractivity contribution in [1.82, 2.24) is 19.9 Å². The van der Waals surface area contributed by atoms with E-state index in [1.54, 1.807) is 36.5 Å². The third-order valence-corrected chi connectivity index (χ3v) is 13.5. The molecule has 0 spiro atoms. The number of carbonyl (C=O) groups excluding carboxylic acids is 1. The Morgan fingerprint density at radius 1 is 0.800 bits per heavy atom. The molecule has 0 saturated carbocycles. The van der Waals surface area contributed by atoms with Crippen LogP contribution in [0.15, 0.2) is 99.8 Å². The first kappa shape index (κ1) is 48.9. The SMILES string of the molecule is C.CC(C)(C)c1cc(S(=O)(=O)Nc2cc(Cl)cnc2C(=O)c2ccnc3[nH]ccc23)ccc1Cl.COCN(c1cc(Cl)cnc1Br)S(=O)(=O)c1ccc(Cl)c(C(C)(C)C)c1. The summed E-state index contributed by atoms with van der Waals surface area (Å²) >= 11 is 27.9. The van der Waals surface area contributed by atoms with Gasteiger partial charge in [-0.3, -0.25) is 9.52 Å². The molecule has 6 rings (SSSR count). The molecule has 4 heterocycles. The van der Waals surface area contributed by atoms with Crippen molar-refractivity contribution in [2.45, 2.75) is 69.6 Å². The van der Waals surface area contributed by atoms with Gasteiger partial charge in [-0.1, -0.05) is 95.4 Å². The number of aromatic amines is 1. The predicted molar refractivity (Wildman–Crippen MR) is 245 cm³/mol. The molecule has 0 aliphatic rings. The number of sulfonamides is 2. The van der Waals surface area contributed by atoms with E-state index in [2.05, 4.69) is 40.6 Å². The van der Waals surface area contributed by atoms with Crippen LogP contribution in [0.3, 0.4) is 0 Å². The van der Waals surface area contributed by atoms with E-state index < -0.39 is 25.8 Å². The highest BCUT2D eigenvalue weighted by Crippen LogP contribution is 2.36. The van der Waals surface area contributed by atoms with Crippen LogP contribution in [-0.2, 0) is 35.6 Å². The van der Waals surface area contributed by atoms with Crippen LogP contribution in [0.2, 0.25) is 20.1 Å². The molecule has 0 atom stereocenters. The lowest BCUT2D eigenvalue weighted by Crippen LogP contribution is -2.33. The van der Waals surface area contributed by atoms with E-state index in [-0.39, 0.29) is 56.9 Å². The summed E-state index contributed by atoms with van der Waals surface area (Å²) in [6.07, 6.45) is 5.88. The molecule has 60 heavy (non-hydrogen) atoms.